The third-order valence-electron chi connectivity index (χ3n) is 7.17. The van der Waals surface area contributed by atoms with Crippen molar-refractivity contribution >= 4 is 35.2 Å². The number of carbonyl (C=O) groups excluding carboxylic acids is 1. The van der Waals surface area contributed by atoms with Gasteiger partial charge in [0.25, 0.3) is 0 Å². The third kappa shape index (κ3) is 5.46. The number of benzene rings is 2. The fourth-order valence-corrected chi connectivity index (χ4v) is 5.67. The van der Waals surface area contributed by atoms with Crippen molar-refractivity contribution in [1.82, 2.24) is 40.0 Å². The number of aromatic nitrogens is 6. The maximum absolute atomic E-state index is 13.7. The first-order chi connectivity index (χ1) is 19.1. The number of hydrogen-bond donors (Lipinski definition) is 1. The number of H-pyrrole nitrogens is 1. The number of ether oxygens (including phenoxy) is 1. The van der Waals surface area contributed by atoms with Crippen LogP contribution in [0.15, 0.2) is 60.9 Å². The summed E-state index contributed by atoms with van der Waals surface area (Å²) in [4.78, 5) is 26.0. The average molecular weight is 565 g/mol. The molecule has 4 heterocycles. The summed E-state index contributed by atoms with van der Waals surface area (Å²) in [6.07, 6.45) is 5.55. The molecule has 10 nitrogen and oxygen atoms in total. The molecule has 0 aliphatic carbocycles. The lowest BCUT2D eigenvalue weighted by Crippen LogP contribution is -2.45. The van der Waals surface area contributed by atoms with Crippen molar-refractivity contribution in [3.05, 3.63) is 82.5 Å². The molecule has 0 saturated carbocycles. The van der Waals surface area contributed by atoms with Crippen LogP contribution < -0.4 is 0 Å². The van der Waals surface area contributed by atoms with E-state index in [2.05, 4.69) is 30.4 Å². The summed E-state index contributed by atoms with van der Waals surface area (Å²) < 4.78 is 7.09. The molecule has 2 aliphatic rings. The van der Waals surface area contributed by atoms with Gasteiger partial charge in [-0.3, -0.25) is 9.69 Å². The van der Waals surface area contributed by atoms with Gasteiger partial charge in [-0.25, -0.2) is 4.98 Å². The lowest BCUT2D eigenvalue weighted by Gasteiger charge is -2.31. The van der Waals surface area contributed by atoms with Crippen LogP contribution in [0.2, 0.25) is 10.2 Å². The molecule has 2 fully saturated rings. The van der Waals surface area contributed by atoms with Crippen molar-refractivity contribution in [2.45, 2.75) is 18.5 Å². The summed E-state index contributed by atoms with van der Waals surface area (Å²) >= 11 is 12.8. The Hall–Kier alpha value is -3.57. The largest absolute Gasteiger partial charge is 0.379 e. The van der Waals surface area contributed by atoms with Crippen molar-refractivity contribution in [3.63, 3.8) is 0 Å². The summed E-state index contributed by atoms with van der Waals surface area (Å²) in [5.74, 6) is 0.542. The first-order valence-electron chi connectivity index (χ1n) is 12.7. The second-order valence-electron chi connectivity index (χ2n) is 9.49. The molecule has 0 spiro atoms. The maximum Gasteiger partial charge on any atom is 0.247 e. The monoisotopic (exact) mass is 564 g/mol. The van der Waals surface area contributed by atoms with E-state index in [1.54, 1.807) is 24.3 Å². The van der Waals surface area contributed by atoms with Crippen LogP contribution >= 0.6 is 23.2 Å². The van der Waals surface area contributed by atoms with Gasteiger partial charge in [0.1, 0.15) is 12.2 Å². The highest BCUT2D eigenvalue weighted by atomic mass is 35.5. The molecule has 39 heavy (non-hydrogen) atoms. The number of likely N-dealkylation sites (tertiary alicyclic amines) is 1. The van der Waals surface area contributed by atoms with Crippen molar-refractivity contribution in [1.29, 1.82) is 0 Å². The van der Waals surface area contributed by atoms with Crippen LogP contribution in [-0.2, 0) is 9.53 Å². The van der Waals surface area contributed by atoms with Gasteiger partial charge in [0, 0.05) is 47.9 Å². The van der Waals surface area contributed by atoms with Gasteiger partial charge in [0.2, 0.25) is 5.91 Å². The van der Waals surface area contributed by atoms with E-state index in [1.807, 2.05) is 41.3 Å². The number of imidazole rings is 1. The minimum Gasteiger partial charge on any atom is -0.379 e. The third-order valence-corrected chi connectivity index (χ3v) is 7.68. The minimum atomic E-state index is -0.261. The van der Waals surface area contributed by atoms with E-state index >= 15 is 0 Å². The maximum atomic E-state index is 13.7. The number of carbonyl (C=O) groups is 1. The van der Waals surface area contributed by atoms with E-state index in [1.165, 1.54) is 11.0 Å². The van der Waals surface area contributed by atoms with Crippen LogP contribution in [0.4, 0.5) is 0 Å². The number of hydrogen-bond acceptors (Lipinski definition) is 7. The number of morpholine rings is 1. The molecule has 6 rings (SSSR count). The molecule has 2 saturated heterocycles. The topological polar surface area (TPSA) is 105 Å². The SMILES string of the molecule is O=C(/C=C/c1cc(Cl)ccc1-n1cnnn1)N1C[C@@H](N2CCOCC2)C[C@H]1c1nc(Cl)c(-c2ccccc2)[nH]1. The Kier molecular flexibility index (Phi) is 7.43. The molecule has 4 aromatic rings. The van der Waals surface area contributed by atoms with Crippen molar-refractivity contribution in [2.75, 3.05) is 32.8 Å². The first-order valence-corrected chi connectivity index (χ1v) is 13.5. The van der Waals surface area contributed by atoms with Crippen molar-refractivity contribution < 1.29 is 9.53 Å². The van der Waals surface area contributed by atoms with E-state index in [0.29, 0.717) is 41.4 Å². The lowest BCUT2D eigenvalue weighted by atomic mass is 10.1. The van der Waals surface area contributed by atoms with E-state index in [9.17, 15) is 4.79 Å². The molecular weight excluding hydrogens is 539 g/mol. The summed E-state index contributed by atoms with van der Waals surface area (Å²) in [6, 6.07) is 15.1. The van der Waals surface area contributed by atoms with Gasteiger partial charge in [-0.2, -0.15) is 4.68 Å². The van der Waals surface area contributed by atoms with Gasteiger partial charge < -0.3 is 14.6 Å². The Bertz CT molecular complexity index is 1470. The molecular formula is C27H26Cl2N8O2. The Labute approximate surface area is 235 Å². The molecule has 200 valence electrons. The highest BCUT2D eigenvalue weighted by Crippen LogP contribution is 2.37. The predicted molar refractivity (Wildman–Crippen MR) is 147 cm³/mol. The van der Waals surface area contributed by atoms with Gasteiger partial charge in [0.05, 0.1) is 30.6 Å². The normalized spacial score (nSPS) is 20.2. The zero-order chi connectivity index (χ0) is 26.8. The number of tetrazole rings is 1. The molecule has 2 aromatic heterocycles. The predicted octanol–water partition coefficient (Wildman–Crippen LogP) is 4.05. The molecule has 1 amide bonds. The molecule has 0 unspecified atom stereocenters. The van der Waals surface area contributed by atoms with Crippen LogP contribution in [0.3, 0.4) is 0 Å². The summed E-state index contributed by atoms with van der Waals surface area (Å²) in [6.45, 7) is 3.62. The second kappa shape index (κ2) is 11.3. The van der Waals surface area contributed by atoms with Crippen LogP contribution in [0, 0.1) is 0 Å². The highest BCUT2D eigenvalue weighted by molar-refractivity contribution is 6.32. The Morgan fingerprint density at radius 1 is 1.10 bits per heavy atom. The smallest absolute Gasteiger partial charge is 0.247 e. The van der Waals surface area contributed by atoms with E-state index in [4.69, 9.17) is 27.9 Å². The van der Waals surface area contributed by atoms with Gasteiger partial charge in [-0.05, 0) is 41.1 Å². The van der Waals surface area contributed by atoms with Crippen molar-refractivity contribution in [3.8, 4) is 16.9 Å². The van der Waals surface area contributed by atoms with Crippen LogP contribution in [-0.4, -0.2) is 84.8 Å². The summed E-state index contributed by atoms with van der Waals surface area (Å²) in [5.41, 5.74) is 3.12. The molecule has 0 radical (unpaired) electrons. The van der Waals surface area contributed by atoms with Crippen LogP contribution in [0.1, 0.15) is 23.9 Å². The molecule has 2 atom stereocenters. The Morgan fingerprint density at radius 3 is 2.69 bits per heavy atom. The molecule has 1 N–H and O–H groups in total. The van der Waals surface area contributed by atoms with Crippen LogP contribution in [0.5, 0.6) is 0 Å². The molecule has 0 bridgehead atoms. The quantitative estimate of drug-likeness (QED) is 0.352. The first kappa shape index (κ1) is 25.7. The number of aromatic amines is 1. The minimum absolute atomic E-state index is 0.132. The van der Waals surface area contributed by atoms with Crippen molar-refractivity contribution in [2.24, 2.45) is 0 Å². The highest BCUT2D eigenvalue weighted by Gasteiger charge is 2.40. The molecule has 2 aromatic carbocycles. The number of nitrogens with one attached hydrogen (secondary N) is 1. The fraction of sp³-hybridized carbons (Fsp3) is 0.296. The second-order valence-corrected chi connectivity index (χ2v) is 10.3. The standard InChI is InChI=1S/C27H26Cl2N8O2/c28-20-7-8-22(37-17-30-33-34-37)19(14-20)6-9-24(38)36-16-21(35-10-12-39-13-11-35)15-23(36)27-31-25(26(29)32-27)18-4-2-1-3-5-18/h1-9,14,17,21,23H,10-13,15-16H2,(H,31,32)/b9-6+/t21-,23-/m0/s1. The van der Waals surface area contributed by atoms with Gasteiger partial charge in [-0.15, -0.1) is 5.10 Å². The van der Waals surface area contributed by atoms with E-state index < -0.39 is 0 Å². The fourth-order valence-electron chi connectivity index (χ4n) is 5.24. The molecule has 2 aliphatic heterocycles. The van der Waals surface area contributed by atoms with Gasteiger partial charge in [0.15, 0.2) is 5.15 Å². The van der Waals surface area contributed by atoms with E-state index in [-0.39, 0.29) is 18.0 Å². The number of halogens is 2. The van der Waals surface area contributed by atoms with Crippen LogP contribution in [0.25, 0.3) is 23.0 Å². The summed E-state index contributed by atoms with van der Waals surface area (Å²) in [7, 11) is 0. The zero-order valence-electron chi connectivity index (χ0n) is 21.0. The van der Waals surface area contributed by atoms with E-state index in [0.717, 1.165) is 36.3 Å². The number of nitrogens with zero attached hydrogens (tertiary/aromatic N) is 7. The number of rotatable bonds is 6. The lowest BCUT2D eigenvalue weighted by molar-refractivity contribution is -0.127. The Balaban J connectivity index is 1.30. The Morgan fingerprint density at radius 2 is 1.92 bits per heavy atom. The average Bonchev–Trinajstić information content (AvgIpc) is 3.73. The zero-order valence-corrected chi connectivity index (χ0v) is 22.5. The molecule has 12 heteroatoms. The number of amides is 1. The van der Waals surface area contributed by atoms with Gasteiger partial charge >= 0.3 is 0 Å². The van der Waals surface area contributed by atoms with Gasteiger partial charge in [-0.1, -0.05) is 53.5 Å². The summed E-state index contributed by atoms with van der Waals surface area (Å²) in [5, 5.41) is 12.3.